The summed E-state index contributed by atoms with van der Waals surface area (Å²) in [6.07, 6.45) is 2.56. The molecule has 1 nitrogen and oxygen atoms in total. The molecule has 0 saturated heterocycles. The standard InChI is InChI=1S/C13H11BrCl2O/c1-2-12-10(5-6-17-12)13(14)9-4-3-8(15)7-11(9)16/h3-7,13H,2H2,1H3. The lowest BCUT2D eigenvalue weighted by atomic mass is 10.0. The number of alkyl halides is 1. The molecule has 0 aliphatic rings. The maximum absolute atomic E-state index is 6.19. The van der Waals surface area contributed by atoms with Gasteiger partial charge < -0.3 is 4.42 Å². The Morgan fingerprint density at radius 1 is 1.24 bits per heavy atom. The van der Waals surface area contributed by atoms with E-state index in [0.717, 1.165) is 23.3 Å². The highest BCUT2D eigenvalue weighted by molar-refractivity contribution is 9.09. The fourth-order valence-electron chi connectivity index (χ4n) is 1.74. The third-order valence-electron chi connectivity index (χ3n) is 2.61. The van der Waals surface area contributed by atoms with Gasteiger partial charge in [-0.15, -0.1) is 0 Å². The fourth-order valence-corrected chi connectivity index (χ4v) is 3.19. The van der Waals surface area contributed by atoms with E-state index in [1.165, 1.54) is 0 Å². The van der Waals surface area contributed by atoms with Crippen LogP contribution in [-0.4, -0.2) is 0 Å². The Balaban J connectivity index is 2.40. The van der Waals surface area contributed by atoms with Gasteiger partial charge in [-0.25, -0.2) is 0 Å². The average molecular weight is 334 g/mol. The van der Waals surface area contributed by atoms with Crippen LogP contribution < -0.4 is 0 Å². The molecule has 0 saturated carbocycles. The van der Waals surface area contributed by atoms with Crippen molar-refractivity contribution in [2.75, 3.05) is 0 Å². The van der Waals surface area contributed by atoms with E-state index in [9.17, 15) is 0 Å². The van der Waals surface area contributed by atoms with Gasteiger partial charge >= 0.3 is 0 Å². The molecular formula is C13H11BrCl2O. The molecule has 0 aliphatic carbocycles. The summed E-state index contributed by atoms with van der Waals surface area (Å²) in [5.41, 5.74) is 2.10. The monoisotopic (exact) mass is 332 g/mol. The summed E-state index contributed by atoms with van der Waals surface area (Å²) in [5, 5.41) is 1.30. The van der Waals surface area contributed by atoms with Crippen LogP contribution in [0.3, 0.4) is 0 Å². The molecule has 0 bridgehead atoms. The van der Waals surface area contributed by atoms with Crippen LogP contribution in [-0.2, 0) is 6.42 Å². The number of halogens is 3. The van der Waals surface area contributed by atoms with Crippen molar-refractivity contribution in [2.24, 2.45) is 0 Å². The second-order valence-corrected chi connectivity index (χ2v) is 5.44. The Morgan fingerprint density at radius 3 is 2.65 bits per heavy atom. The molecule has 0 aliphatic heterocycles. The third kappa shape index (κ3) is 2.70. The van der Waals surface area contributed by atoms with Crippen LogP contribution >= 0.6 is 39.1 Å². The van der Waals surface area contributed by atoms with Crippen molar-refractivity contribution in [3.63, 3.8) is 0 Å². The molecule has 0 N–H and O–H groups in total. The predicted octanol–water partition coefficient (Wildman–Crippen LogP) is 5.63. The number of benzene rings is 1. The molecule has 17 heavy (non-hydrogen) atoms. The number of furan rings is 1. The molecule has 90 valence electrons. The summed E-state index contributed by atoms with van der Waals surface area (Å²) in [4.78, 5) is 0.0287. The molecule has 0 radical (unpaired) electrons. The first-order chi connectivity index (χ1) is 8.13. The van der Waals surface area contributed by atoms with Crippen LogP contribution in [0, 0.1) is 0 Å². The van der Waals surface area contributed by atoms with Crippen molar-refractivity contribution in [2.45, 2.75) is 18.2 Å². The summed E-state index contributed by atoms with van der Waals surface area (Å²) in [6.45, 7) is 2.06. The van der Waals surface area contributed by atoms with E-state index in [1.807, 2.05) is 18.2 Å². The fraction of sp³-hybridized carbons (Fsp3) is 0.231. The first-order valence-electron chi connectivity index (χ1n) is 5.28. The van der Waals surface area contributed by atoms with Gasteiger partial charge in [0, 0.05) is 22.0 Å². The zero-order chi connectivity index (χ0) is 12.4. The van der Waals surface area contributed by atoms with Crippen LogP contribution in [0.15, 0.2) is 34.9 Å². The summed E-state index contributed by atoms with van der Waals surface area (Å²) < 4.78 is 5.42. The van der Waals surface area contributed by atoms with E-state index >= 15 is 0 Å². The summed E-state index contributed by atoms with van der Waals surface area (Å²) in [7, 11) is 0. The zero-order valence-electron chi connectivity index (χ0n) is 9.21. The minimum absolute atomic E-state index is 0.0287. The van der Waals surface area contributed by atoms with Crippen molar-refractivity contribution in [1.29, 1.82) is 0 Å². The molecule has 2 rings (SSSR count). The summed E-state index contributed by atoms with van der Waals surface area (Å²) >= 11 is 15.7. The Bertz CT molecular complexity index is 522. The van der Waals surface area contributed by atoms with E-state index < -0.39 is 0 Å². The summed E-state index contributed by atoms with van der Waals surface area (Å²) in [5.74, 6) is 0.970. The Morgan fingerprint density at radius 2 is 2.00 bits per heavy atom. The average Bonchev–Trinajstić information content (AvgIpc) is 2.76. The maximum Gasteiger partial charge on any atom is 0.108 e. The largest absolute Gasteiger partial charge is 0.469 e. The highest BCUT2D eigenvalue weighted by Crippen LogP contribution is 2.38. The normalized spacial score (nSPS) is 12.7. The predicted molar refractivity (Wildman–Crippen MR) is 75.3 cm³/mol. The zero-order valence-corrected chi connectivity index (χ0v) is 12.3. The van der Waals surface area contributed by atoms with E-state index in [0.29, 0.717) is 10.0 Å². The first kappa shape index (κ1) is 13.0. The molecule has 2 aromatic rings. The van der Waals surface area contributed by atoms with E-state index in [-0.39, 0.29) is 4.83 Å². The van der Waals surface area contributed by atoms with Crippen LogP contribution in [0.2, 0.25) is 10.0 Å². The molecule has 1 aromatic carbocycles. The number of aryl methyl sites for hydroxylation is 1. The van der Waals surface area contributed by atoms with Gasteiger partial charge in [-0.2, -0.15) is 0 Å². The van der Waals surface area contributed by atoms with Crippen LogP contribution in [0.4, 0.5) is 0 Å². The van der Waals surface area contributed by atoms with Gasteiger partial charge in [-0.3, -0.25) is 0 Å². The second-order valence-electron chi connectivity index (χ2n) is 3.68. The molecule has 1 heterocycles. The van der Waals surface area contributed by atoms with E-state index in [4.69, 9.17) is 27.6 Å². The smallest absolute Gasteiger partial charge is 0.108 e. The van der Waals surface area contributed by atoms with Gasteiger partial charge in [0.1, 0.15) is 5.76 Å². The van der Waals surface area contributed by atoms with Crippen molar-refractivity contribution >= 4 is 39.1 Å². The van der Waals surface area contributed by atoms with Crippen molar-refractivity contribution in [1.82, 2.24) is 0 Å². The topological polar surface area (TPSA) is 13.1 Å². The van der Waals surface area contributed by atoms with Crippen LogP contribution in [0.25, 0.3) is 0 Å². The van der Waals surface area contributed by atoms with E-state index in [2.05, 4.69) is 22.9 Å². The molecule has 4 heteroatoms. The van der Waals surface area contributed by atoms with Gasteiger partial charge in [0.25, 0.3) is 0 Å². The molecular weight excluding hydrogens is 323 g/mol. The van der Waals surface area contributed by atoms with Gasteiger partial charge in [-0.05, 0) is 23.8 Å². The quantitative estimate of drug-likeness (QED) is 0.663. The first-order valence-corrected chi connectivity index (χ1v) is 6.96. The molecule has 0 amide bonds. The highest BCUT2D eigenvalue weighted by Gasteiger charge is 2.18. The molecule has 0 fully saturated rings. The lowest BCUT2D eigenvalue weighted by Gasteiger charge is -2.12. The molecule has 1 unspecified atom stereocenters. The van der Waals surface area contributed by atoms with Crippen LogP contribution in [0.1, 0.15) is 28.6 Å². The van der Waals surface area contributed by atoms with Gasteiger partial charge in [0.2, 0.25) is 0 Å². The van der Waals surface area contributed by atoms with Gasteiger partial charge in [-0.1, -0.05) is 52.1 Å². The Labute approximate surface area is 119 Å². The SMILES string of the molecule is CCc1occc1C(Br)c1ccc(Cl)cc1Cl. The summed E-state index contributed by atoms with van der Waals surface area (Å²) in [6, 6.07) is 7.47. The van der Waals surface area contributed by atoms with Crippen molar-refractivity contribution in [3.05, 3.63) is 57.5 Å². The highest BCUT2D eigenvalue weighted by atomic mass is 79.9. The number of hydrogen-bond acceptors (Lipinski definition) is 1. The minimum Gasteiger partial charge on any atom is -0.469 e. The van der Waals surface area contributed by atoms with Crippen LogP contribution in [0.5, 0.6) is 0 Å². The molecule has 1 atom stereocenters. The lowest BCUT2D eigenvalue weighted by Crippen LogP contribution is -1.95. The van der Waals surface area contributed by atoms with Gasteiger partial charge in [0.05, 0.1) is 11.1 Å². The molecule has 0 spiro atoms. The van der Waals surface area contributed by atoms with Gasteiger partial charge in [0.15, 0.2) is 0 Å². The Hall–Kier alpha value is -0.440. The lowest BCUT2D eigenvalue weighted by molar-refractivity contribution is 0.512. The number of hydrogen-bond donors (Lipinski definition) is 0. The second kappa shape index (κ2) is 5.47. The minimum atomic E-state index is 0.0287. The molecule has 1 aromatic heterocycles. The third-order valence-corrected chi connectivity index (χ3v) is 4.16. The number of rotatable bonds is 3. The Kier molecular flexibility index (Phi) is 4.18. The van der Waals surface area contributed by atoms with Crippen molar-refractivity contribution < 1.29 is 4.42 Å². The van der Waals surface area contributed by atoms with Crippen molar-refractivity contribution in [3.8, 4) is 0 Å². The maximum atomic E-state index is 6.19. The van der Waals surface area contributed by atoms with E-state index in [1.54, 1.807) is 12.3 Å².